The Morgan fingerprint density at radius 2 is 2.15 bits per heavy atom. The highest BCUT2D eigenvalue weighted by Gasteiger charge is 2.32. The highest BCUT2D eigenvalue weighted by molar-refractivity contribution is 5.94. The molecule has 2 rings (SSSR count). The Balaban J connectivity index is 2.19. The molecule has 0 unspecified atom stereocenters. The maximum Gasteiger partial charge on any atom is 0.254 e. The number of carbonyl (C=O) groups excluding carboxylic acids is 1. The van der Waals surface area contributed by atoms with Gasteiger partial charge in [-0.15, -0.1) is 0 Å². The van der Waals surface area contributed by atoms with E-state index in [2.05, 4.69) is 11.8 Å². The number of aliphatic hydroxyl groups is 2. The minimum Gasteiger partial charge on any atom is -0.395 e. The molecular weight excluding hydrogens is 261 g/mol. The van der Waals surface area contributed by atoms with Crippen molar-refractivity contribution in [2.24, 2.45) is 0 Å². The Morgan fingerprint density at radius 1 is 1.40 bits per heavy atom. The van der Waals surface area contributed by atoms with Gasteiger partial charge in [0, 0.05) is 18.2 Å². The number of benzene rings is 1. The average Bonchev–Trinajstić information content (AvgIpc) is 3.27. The minimum atomic E-state index is -0.587. The maximum atomic E-state index is 13.8. The highest BCUT2D eigenvalue weighted by atomic mass is 19.1. The fourth-order valence-corrected chi connectivity index (χ4v) is 1.99. The lowest BCUT2D eigenvalue weighted by molar-refractivity contribution is 0.0707. The van der Waals surface area contributed by atoms with E-state index in [1.807, 2.05) is 0 Å². The summed E-state index contributed by atoms with van der Waals surface area (Å²) in [5, 5.41) is 17.6. The predicted molar refractivity (Wildman–Crippen MR) is 71.5 cm³/mol. The molecule has 0 aliphatic heterocycles. The molecule has 1 saturated carbocycles. The summed E-state index contributed by atoms with van der Waals surface area (Å²) in [4.78, 5) is 13.8. The van der Waals surface area contributed by atoms with Gasteiger partial charge in [-0.25, -0.2) is 4.39 Å². The van der Waals surface area contributed by atoms with Crippen molar-refractivity contribution in [2.45, 2.75) is 18.9 Å². The summed E-state index contributed by atoms with van der Waals surface area (Å²) in [5.41, 5.74) is 0.396. The molecular formula is C15H16FNO3. The lowest BCUT2D eigenvalue weighted by Gasteiger charge is -2.21. The molecule has 20 heavy (non-hydrogen) atoms. The van der Waals surface area contributed by atoms with Gasteiger partial charge in [0.1, 0.15) is 12.4 Å². The molecule has 5 heteroatoms. The third-order valence-corrected chi connectivity index (χ3v) is 3.11. The number of amides is 1. The second kappa shape index (κ2) is 6.51. The minimum absolute atomic E-state index is 0.106. The van der Waals surface area contributed by atoms with Crippen molar-refractivity contribution >= 4 is 5.91 Å². The topological polar surface area (TPSA) is 60.8 Å². The normalized spacial score (nSPS) is 13.6. The van der Waals surface area contributed by atoms with E-state index in [4.69, 9.17) is 10.2 Å². The number of hydrogen-bond acceptors (Lipinski definition) is 3. The number of rotatable bonds is 4. The van der Waals surface area contributed by atoms with Crippen molar-refractivity contribution in [2.75, 3.05) is 19.8 Å². The molecule has 1 fully saturated rings. The second-order valence-electron chi connectivity index (χ2n) is 4.61. The number of carbonyl (C=O) groups is 1. The van der Waals surface area contributed by atoms with Crippen LogP contribution in [0.3, 0.4) is 0 Å². The van der Waals surface area contributed by atoms with Crippen LogP contribution in [0, 0.1) is 17.7 Å². The highest BCUT2D eigenvalue weighted by Crippen LogP contribution is 2.28. The molecule has 0 radical (unpaired) electrons. The monoisotopic (exact) mass is 277 g/mol. The molecule has 4 nitrogen and oxygen atoms in total. The summed E-state index contributed by atoms with van der Waals surface area (Å²) in [7, 11) is 0. The van der Waals surface area contributed by atoms with Crippen molar-refractivity contribution < 1.29 is 19.4 Å². The van der Waals surface area contributed by atoms with Crippen LogP contribution < -0.4 is 0 Å². The second-order valence-corrected chi connectivity index (χ2v) is 4.61. The molecule has 1 aliphatic rings. The third-order valence-electron chi connectivity index (χ3n) is 3.11. The summed E-state index contributed by atoms with van der Waals surface area (Å²) < 4.78 is 13.8. The zero-order valence-electron chi connectivity index (χ0n) is 11.0. The molecule has 2 N–H and O–H groups in total. The van der Waals surface area contributed by atoms with Gasteiger partial charge < -0.3 is 15.1 Å². The molecule has 0 bridgehead atoms. The van der Waals surface area contributed by atoms with E-state index in [1.54, 1.807) is 4.90 Å². The standard InChI is InChI=1S/C15H16FNO3/c16-14-10-12(4-3-11(14)2-1-8-18)15(20)17(7-9-19)13-5-6-13/h3-4,10,13,18-19H,5-9H2. The quantitative estimate of drug-likeness (QED) is 0.799. The number of hydrogen-bond donors (Lipinski definition) is 2. The van der Waals surface area contributed by atoms with Crippen LogP contribution in [0.5, 0.6) is 0 Å². The molecule has 1 aromatic rings. The first kappa shape index (κ1) is 14.5. The van der Waals surface area contributed by atoms with Gasteiger partial charge in [0.25, 0.3) is 5.91 Å². The average molecular weight is 277 g/mol. The molecule has 0 heterocycles. The molecule has 0 spiro atoms. The molecule has 106 valence electrons. The number of nitrogens with zero attached hydrogens (tertiary/aromatic N) is 1. The van der Waals surface area contributed by atoms with Crippen LogP contribution in [0.15, 0.2) is 18.2 Å². The van der Waals surface area contributed by atoms with E-state index in [0.717, 1.165) is 18.9 Å². The van der Waals surface area contributed by atoms with Crippen molar-refractivity contribution in [1.82, 2.24) is 4.90 Å². The molecule has 0 saturated heterocycles. The molecule has 0 aromatic heterocycles. The molecule has 1 amide bonds. The molecule has 1 aromatic carbocycles. The zero-order chi connectivity index (χ0) is 14.5. The fourth-order valence-electron chi connectivity index (χ4n) is 1.99. The van der Waals surface area contributed by atoms with Gasteiger partial charge >= 0.3 is 0 Å². The summed E-state index contributed by atoms with van der Waals surface area (Å²) in [5.74, 6) is 3.98. The predicted octanol–water partition coefficient (Wildman–Crippen LogP) is 0.766. The Morgan fingerprint density at radius 3 is 2.70 bits per heavy atom. The van der Waals surface area contributed by atoms with Crippen LogP contribution in [0.2, 0.25) is 0 Å². The Labute approximate surface area is 116 Å². The van der Waals surface area contributed by atoms with E-state index >= 15 is 0 Å². The van der Waals surface area contributed by atoms with Gasteiger partial charge in [-0.2, -0.15) is 0 Å². The first-order valence-electron chi connectivity index (χ1n) is 6.48. The van der Waals surface area contributed by atoms with Gasteiger partial charge in [-0.3, -0.25) is 4.79 Å². The Hall–Kier alpha value is -1.90. The Bertz CT molecular complexity index is 558. The van der Waals surface area contributed by atoms with E-state index in [0.29, 0.717) is 0 Å². The Kier molecular flexibility index (Phi) is 4.72. The van der Waals surface area contributed by atoms with E-state index in [9.17, 15) is 9.18 Å². The molecule has 0 atom stereocenters. The summed E-state index contributed by atoms with van der Waals surface area (Å²) in [6.45, 7) is -0.186. The SMILES string of the molecule is O=C(c1ccc(C#CCO)c(F)c1)N(CCO)C1CC1. The van der Waals surface area contributed by atoms with Gasteiger partial charge in [-0.05, 0) is 31.0 Å². The first-order valence-corrected chi connectivity index (χ1v) is 6.48. The van der Waals surface area contributed by atoms with Crippen LogP contribution in [-0.2, 0) is 0 Å². The van der Waals surface area contributed by atoms with Crippen molar-refractivity contribution in [3.05, 3.63) is 35.1 Å². The maximum absolute atomic E-state index is 13.8. The van der Waals surface area contributed by atoms with E-state index in [1.165, 1.54) is 12.1 Å². The van der Waals surface area contributed by atoms with Crippen LogP contribution >= 0.6 is 0 Å². The van der Waals surface area contributed by atoms with E-state index in [-0.39, 0.29) is 42.8 Å². The van der Waals surface area contributed by atoms with Crippen LogP contribution in [0.25, 0.3) is 0 Å². The van der Waals surface area contributed by atoms with Crippen LogP contribution in [0.4, 0.5) is 4.39 Å². The van der Waals surface area contributed by atoms with Crippen molar-refractivity contribution in [3.8, 4) is 11.8 Å². The zero-order valence-corrected chi connectivity index (χ0v) is 11.0. The van der Waals surface area contributed by atoms with Crippen molar-refractivity contribution in [1.29, 1.82) is 0 Å². The van der Waals surface area contributed by atoms with Gasteiger partial charge in [0.05, 0.1) is 12.2 Å². The third kappa shape index (κ3) is 3.35. The number of aliphatic hydroxyl groups excluding tert-OH is 2. The lowest BCUT2D eigenvalue weighted by atomic mass is 10.1. The summed E-state index contributed by atoms with van der Waals surface area (Å²) in [6, 6.07) is 4.25. The van der Waals surface area contributed by atoms with Crippen molar-refractivity contribution in [3.63, 3.8) is 0 Å². The smallest absolute Gasteiger partial charge is 0.254 e. The largest absolute Gasteiger partial charge is 0.395 e. The first-order chi connectivity index (χ1) is 9.67. The van der Waals surface area contributed by atoms with Crippen LogP contribution in [0.1, 0.15) is 28.8 Å². The van der Waals surface area contributed by atoms with E-state index < -0.39 is 5.82 Å². The van der Waals surface area contributed by atoms with Gasteiger partial charge in [-0.1, -0.05) is 11.8 Å². The van der Waals surface area contributed by atoms with Crippen LogP contribution in [-0.4, -0.2) is 46.8 Å². The number of halogens is 1. The summed E-state index contributed by atoms with van der Waals surface area (Å²) >= 11 is 0. The van der Waals surface area contributed by atoms with Gasteiger partial charge in [0.15, 0.2) is 0 Å². The van der Waals surface area contributed by atoms with Gasteiger partial charge in [0.2, 0.25) is 0 Å². The molecule has 1 aliphatic carbocycles. The fraction of sp³-hybridized carbons (Fsp3) is 0.400. The summed E-state index contributed by atoms with van der Waals surface area (Å²) in [6.07, 6.45) is 1.85. The lowest BCUT2D eigenvalue weighted by Crippen LogP contribution is -2.35.